The third-order valence-corrected chi connectivity index (χ3v) is 2.58. The Balaban J connectivity index is 2.56. The van der Waals surface area contributed by atoms with Gasteiger partial charge in [-0.05, 0) is 18.9 Å². The average Bonchev–Trinajstić information content (AvgIpc) is 2.29. The van der Waals surface area contributed by atoms with E-state index < -0.39 is 0 Å². The Morgan fingerprint density at radius 1 is 1.27 bits per heavy atom. The molecule has 0 aliphatic rings. The molecule has 15 heavy (non-hydrogen) atoms. The molecule has 0 bridgehead atoms. The zero-order valence-electron chi connectivity index (χ0n) is 9.57. The summed E-state index contributed by atoms with van der Waals surface area (Å²) in [5.41, 5.74) is 1.04. The number of rotatable bonds is 4. The summed E-state index contributed by atoms with van der Waals surface area (Å²) in [7, 11) is 0. The summed E-state index contributed by atoms with van der Waals surface area (Å²) >= 11 is 0. The Hall–Kier alpha value is -1.31. The molecule has 2 atom stereocenters. The van der Waals surface area contributed by atoms with Crippen LogP contribution in [0.5, 0.6) is 0 Å². The summed E-state index contributed by atoms with van der Waals surface area (Å²) < 4.78 is 5.35. The lowest BCUT2D eigenvalue weighted by Crippen LogP contribution is -2.16. The Kier molecular flexibility index (Phi) is 4.35. The van der Waals surface area contributed by atoms with Gasteiger partial charge in [0.15, 0.2) is 0 Å². The van der Waals surface area contributed by atoms with Crippen LogP contribution in [0.15, 0.2) is 30.3 Å². The molecule has 2 heteroatoms. The van der Waals surface area contributed by atoms with Crippen LogP contribution >= 0.6 is 0 Å². The first-order valence-corrected chi connectivity index (χ1v) is 5.40. The van der Waals surface area contributed by atoms with E-state index in [1.807, 2.05) is 51.1 Å². The number of carbonyl (C=O) groups is 1. The minimum atomic E-state index is -0.160. The first-order chi connectivity index (χ1) is 7.15. The zero-order valence-corrected chi connectivity index (χ0v) is 9.57. The maximum Gasteiger partial charge on any atom is 0.309 e. The van der Waals surface area contributed by atoms with Gasteiger partial charge in [0.25, 0.3) is 0 Å². The standard InChI is InChI=1S/C13H18O2/c1-4-10(2)13(14)15-11(3)12-8-6-5-7-9-12/h5-11H,4H2,1-3H3/t10-,11+/m1/s1. The highest BCUT2D eigenvalue weighted by atomic mass is 16.5. The first-order valence-electron chi connectivity index (χ1n) is 5.40. The fourth-order valence-corrected chi connectivity index (χ4v) is 1.25. The van der Waals surface area contributed by atoms with Crippen molar-refractivity contribution >= 4 is 5.97 Å². The highest BCUT2D eigenvalue weighted by Gasteiger charge is 2.16. The highest BCUT2D eigenvalue weighted by molar-refractivity contribution is 5.72. The van der Waals surface area contributed by atoms with Crippen molar-refractivity contribution in [2.45, 2.75) is 33.3 Å². The summed E-state index contributed by atoms with van der Waals surface area (Å²) in [6.45, 7) is 5.77. The fraction of sp³-hybridized carbons (Fsp3) is 0.462. The van der Waals surface area contributed by atoms with E-state index >= 15 is 0 Å². The first kappa shape index (κ1) is 11.8. The Bertz CT molecular complexity index is 306. The summed E-state index contributed by atoms with van der Waals surface area (Å²) in [4.78, 5) is 11.5. The smallest absolute Gasteiger partial charge is 0.309 e. The average molecular weight is 206 g/mol. The normalized spacial score (nSPS) is 14.3. The molecule has 0 aromatic heterocycles. The quantitative estimate of drug-likeness (QED) is 0.706. The van der Waals surface area contributed by atoms with Crippen LogP contribution in [0.1, 0.15) is 38.9 Å². The molecule has 2 nitrogen and oxygen atoms in total. The minimum absolute atomic E-state index is 0.0174. The summed E-state index contributed by atoms with van der Waals surface area (Å²) in [6.07, 6.45) is 0.660. The molecule has 0 radical (unpaired) electrons. The van der Waals surface area contributed by atoms with Gasteiger partial charge in [-0.25, -0.2) is 0 Å². The SMILES string of the molecule is CC[C@@H](C)C(=O)O[C@@H](C)c1ccccc1. The van der Waals surface area contributed by atoms with Gasteiger partial charge >= 0.3 is 5.97 Å². The van der Waals surface area contributed by atoms with Crippen LogP contribution in [0.25, 0.3) is 0 Å². The van der Waals surface area contributed by atoms with Crippen molar-refractivity contribution < 1.29 is 9.53 Å². The van der Waals surface area contributed by atoms with E-state index in [9.17, 15) is 4.79 Å². The van der Waals surface area contributed by atoms with Crippen molar-refractivity contribution in [3.63, 3.8) is 0 Å². The van der Waals surface area contributed by atoms with Gasteiger partial charge in [-0.2, -0.15) is 0 Å². The fourth-order valence-electron chi connectivity index (χ4n) is 1.25. The molecule has 0 aliphatic heterocycles. The second-order valence-corrected chi connectivity index (χ2v) is 3.80. The Labute approximate surface area is 91.3 Å². The van der Waals surface area contributed by atoms with Crippen molar-refractivity contribution in [1.29, 1.82) is 0 Å². The van der Waals surface area contributed by atoms with Crippen LogP contribution in [-0.4, -0.2) is 5.97 Å². The van der Waals surface area contributed by atoms with Crippen molar-refractivity contribution in [2.75, 3.05) is 0 Å². The molecule has 0 spiro atoms. The molecule has 82 valence electrons. The Morgan fingerprint density at radius 2 is 1.87 bits per heavy atom. The molecule has 0 N–H and O–H groups in total. The molecular formula is C13H18O2. The van der Waals surface area contributed by atoms with Gasteiger partial charge in [-0.15, -0.1) is 0 Å². The summed E-state index contributed by atoms with van der Waals surface area (Å²) in [6, 6.07) is 9.78. The molecule has 0 saturated carbocycles. The van der Waals surface area contributed by atoms with Gasteiger partial charge in [0.05, 0.1) is 5.92 Å². The van der Waals surface area contributed by atoms with Gasteiger partial charge in [-0.1, -0.05) is 44.2 Å². The van der Waals surface area contributed by atoms with E-state index in [1.165, 1.54) is 0 Å². The molecule has 0 saturated heterocycles. The minimum Gasteiger partial charge on any atom is -0.458 e. The number of ether oxygens (including phenoxy) is 1. The van der Waals surface area contributed by atoms with Crippen molar-refractivity contribution in [3.05, 3.63) is 35.9 Å². The Morgan fingerprint density at radius 3 is 2.40 bits per heavy atom. The van der Waals surface area contributed by atoms with Crippen LogP contribution in [0.4, 0.5) is 0 Å². The van der Waals surface area contributed by atoms with E-state index in [-0.39, 0.29) is 18.0 Å². The van der Waals surface area contributed by atoms with E-state index in [1.54, 1.807) is 0 Å². The lowest BCUT2D eigenvalue weighted by molar-refractivity contribution is -0.153. The molecular weight excluding hydrogens is 188 g/mol. The second-order valence-electron chi connectivity index (χ2n) is 3.80. The zero-order chi connectivity index (χ0) is 11.3. The molecule has 1 aromatic carbocycles. The van der Waals surface area contributed by atoms with Crippen molar-refractivity contribution in [1.82, 2.24) is 0 Å². The van der Waals surface area contributed by atoms with Gasteiger partial charge in [0, 0.05) is 0 Å². The third-order valence-electron chi connectivity index (χ3n) is 2.58. The van der Waals surface area contributed by atoms with E-state index in [0.29, 0.717) is 0 Å². The van der Waals surface area contributed by atoms with E-state index in [4.69, 9.17) is 4.74 Å². The van der Waals surface area contributed by atoms with Gasteiger partial charge in [-0.3, -0.25) is 4.79 Å². The van der Waals surface area contributed by atoms with Crippen molar-refractivity contribution in [2.24, 2.45) is 5.92 Å². The molecule has 0 aliphatic carbocycles. The number of hydrogen-bond donors (Lipinski definition) is 0. The largest absolute Gasteiger partial charge is 0.458 e. The van der Waals surface area contributed by atoms with Crippen LogP contribution in [0.2, 0.25) is 0 Å². The van der Waals surface area contributed by atoms with Gasteiger partial charge in [0.1, 0.15) is 6.10 Å². The van der Waals surface area contributed by atoms with Crippen LogP contribution in [-0.2, 0) is 9.53 Å². The van der Waals surface area contributed by atoms with Crippen LogP contribution in [0, 0.1) is 5.92 Å². The van der Waals surface area contributed by atoms with Crippen LogP contribution in [0.3, 0.4) is 0 Å². The molecule has 1 rings (SSSR count). The molecule has 0 fully saturated rings. The molecule has 0 heterocycles. The lowest BCUT2D eigenvalue weighted by atomic mass is 10.1. The molecule has 0 unspecified atom stereocenters. The summed E-state index contributed by atoms with van der Waals surface area (Å²) in [5.74, 6) is -0.134. The van der Waals surface area contributed by atoms with E-state index in [2.05, 4.69) is 0 Å². The maximum atomic E-state index is 11.5. The predicted octanol–water partition coefficient (Wildman–Crippen LogP) is 3.34. The van der Waals surface area contributed by atoms with Crippen molar-refractivity contribution in [3.8, 4) is 0 Å². The monoisotopic (exact) mass is 206 g/mol. The van der Waals surface area contributed by atoms with Gasteiger partial charge in [0.2, 0.25) is 0 Å². The second kappa shape index (κ2) is 5.54. The number of benzene rings is 1. The highest BCUT2D eigenvalue weighted by Crippen LogP contribution is 2.18. The van der Waals surface area contributed by atoms with Gasteiger partial charge < -0.3 is 4.74 Å². The lowest BCUT2D eigenvalue weighted by Gasteiger charge is -2.16. The topological polar surface area (TPSA) is 26.3 Å². The third kappa shape index (κ3) is 3.39. The molecule has 1 aromatic rings. The number of hydrogen-bond acceptors (Lipinski definition) is 2. The predicted molar refractivity (Wildman–Crippen MR) is 60.4 cm³/mol. The summed E-state index contributed by atoms with van der Waals surface area (Å²) in [5, 5.41) is 0. The van der Waals surface area contributed by atoms with Crippen LogP contribution < -0.4 is 0 Å². The maximum absolute atomic E-state index is 11.5. The number of carbonyl (C=O) groups excluding carboxylic acids is 1. The molecule has 0 amide bonds. The number of esters is 1. The van der Waals surface area contributed by atoms with E-state index in [0.717, 1.165) is 12.0 Å².